The van der Waals surface area contributed by atoms with Crippen LogP contribution < -0.4 is 5.69 Å². The van der Waals surface area contributed by atoms with Crippen molar-refractivity contribution < 1.29 is 8.42 Å². The lowest BCUT2D eigenvalue weighted by Gasteiger charge is -2.22. The van der Waals surface area contributed by atoms with Crippen molar-refractivity contribution in [3.8, 4) is 0 Å². The smallest absolute Gasteiger partial charge is 0.306 e. The molecule has 0 unspecified atom stereocenters. The minimum atomic E-state index is -2.85. The number of H-pyrrole nitrogens is 1. The number of aromatic amines is 1. The number of fused-ring (bicyclic) bond motifs is 1. The molecule has 1 N–H and O–H groups in total. The molecule has 1 aliphatic rings. The van der Waals surface area contributed by atoms with Gasteiger partial charge >= 0.3 is 5.69 Å². The molecule has 2 heterocycles. The number of aryl methyl sites for hydroxylation is 1. The average molecular weight is 294 g/mol. The fourth-order valence-corrected chi connectivity index (χ4v) is 4.55. The average Bonchev–Trinajstić information content (AvgIpc) is 2.70. The molecular formula is C14H18N2O3S. The quantitative estimate of drug-likeness (QED) is 0.911. The predicted octanol–water partition coefficient (Wildman–Crippen LogP) is 1.46. The SMILES string of the molecule is Cc1cccc2[nH]c(=O)n(CC3CCS(=O)(=O)CC3)c12. The van der Waals surface area contributed by atoms with Crippen LogP contribution in [0.25, 0.3) is 11.0 Å². The number of imidazole rings is 1. The lowest BCUT2D eigenvalue weighted by atomic mass is 10.0. The van der Waals surface area contributed by atoms with E-state index in [9.17, 15) is 13.2 Å². The molecule has 0 bridgehead atoms. The van der Waals surface area contributed by atoms with Gasteiger partial charge in [-0.15, -0.1) is 0 Å². The summed E-state index contributed by atoms with van der Waals surface area (Å²) in [4.78, 5) is 14.9. The highest BCUT2D eigenvalue weighted by Crippen LogP contribution is 2.22. The highest BCUT2D eigenvalue weighted by atomic mass is 32.2. The van der Waals surface area contributed by atoms with Crippen molar-refractivity contribution in [2.75, 3.05) is 11.5 Å². The molecule has 1 aromatic carbocycles. The van der Waals surface area contributed by atoms with Gasteiger partial charge < -0.3 is 4.98 Å². The van der Waals surface area contributed by atoms with Gasteiger partial charge in [0, 0.05) is 6.54 Å². The maximum absolute atomic E-state index is 12.1. The molecule has 1 saturated heterocycles. The van der Waals surface area contributed by atoms with Crippen LogP contribution >= 0.6 is 0 Å². The van der Waals surface area contributed by atoms with Crippen LogP contribution in [0.3, 0.4) is 0 Å². The third kappa shape index (κ3) is 2.40. The summed E-state index contributed by atoms with van der Waals surface area (Å²) in [5.74, 6) is 0.747. The Morgan fingerprint density at radius 1 is 1.30 bits per heavy atom. The topological polar surface area (TPSA) is 71.9 Å². The highest BCUT2D eigenvalue weighted by Gasteiger charge is 2.24. The third-order valence-corrected chi connectivity index (χ3v) is 5.82. The molecule has 2 aromatic rings. The standard InChI is InChI=1S/C14H18N2O3S/c1-10-3-2-4-12-13(10)16(14(17)15-12)9-11-5-7-20(18,19)8-6-11/h2-4,11H,5-9H2,1H3,(H,15,17). The van der Waals surface area contributed by atoms with E-state index < -0.39 is 9.84 Å². The number of nitrogens with zero attached hydrogens (tertiary/aromatic N) is 1. The minimum Gasteiger partial charge on any atom is -0.306 e. The zero-order valence-electron chi connectivity index (χ0n) is 11.4. The maximum atomic E-state index is 12.1. The first-order chi connectivity index (χ1) is 9.46. The Morgan fingerprint density at radius 3 is 2.70 bits per heavy atom. The van der Waals surface area contributed by atoms with Gasteiger partial charge in [0.25, 0.3) is 0 Å². The molecule has 0 aliphatic carbocycles. The minimum absolute atomic E-state index is 0.109. The highest BCUT2D eigenvalue weighted by molar-refractivity contribution is 7.91. The first-order valence-corrected chi connectivity index (χ1v) is 8.67. The molecule has 1 fully saturated rings. The van der Waals surface area contributed by atoms with E-state index in [2.05, 4.69) is 4.98 Å². The molecule has 6 heteroatoms. The molecule has 108 valence electrons. The summed E-state index contributed by atoms with van der Waals surface area (Å²) in [6.45, 7) is 2.58. The molecular weight excluding hydrogens is 276 g/mol. The van der Waals surface area contributed by atoms with Gasteiger partial charge in [-0.1, -0.05) is 12.1 Å². The summed E-state index contributed by atoms with van der Waals surface area (Å²) >= 11 is 0. The van der Waals surface area contributed by atoms with Crippen LogP contribution in [-0.2, 0) is 16.4 Å². The largest absolute Gasteiger partial charge is 0.326 e. The zero-order valence-corrected chi connectivity index (χ0v) is 12.2. The van der Waals surface area contributed by atoms with Crippen molar-refractivity contribution in [3.05, 3.63) is 34.2 Å². The molecule has 20 heavy (non-hydrogen) atoms. The van der Waals surface area contributed by atoms with Crippen LogP contribution in [0.1, 0.15) is 18.4 Å². The van der Waals surface area contributed by atoms with Gasteiger partial charge in [-0.2, -0.15) is 0 Å². The Kier molecular flexibility index (Phi) is 3.20. The van der Waals surface area contributed by atoms with Crippen molar-refractivity contribution in [1.82, 2.24) is 9.55 Å². The summed E-state index contributed by atoms with van der Waals surface area (Å²) < 4.78 is 24.7. The van der Waals surface area contributed by atoms with E-state index in [1.54, 1.807) is 4.57 Å². The normalized spacial score (nSPS) is 19.4. The van der Waals surface area contributed by atoms with Crippen LogP contribution in [0, 0.1) is 12.8 Å². The summed E-state index contributed by atoms with van der Waals surface area (Å²) in [6.07, 6.45) is 1.29. The summed E-state index contributed by atoms with van der Waals surface area (Å²) in [5.41, 5.74) is 2.73. The van der Waals surface area contributed by atoms with Crippen LogP contribution in [0.15, 0.2) is 23.0 Å². The lowest BCUT2D eigenvalue weighted by Crippen LogP contribution is -2.29. The van der Waals surface area contributed by atoms with Gasteiger partial charge in [0.05, 0.1) is 22.5 Å². The summed E-state index contributed by atoms with van der Waals surface area (Å²) in [6, 6.07) is 5.80. The van der Waals surface area contributed by atoms with Crippen LogP contribution in [0.2, 0.25) is 0 Å². The number of nitrogens with one attached hydrogen (secondary N) is 1. The van der Waals surface area contributed by atoms with E-state index in [0.717, 1.165) is 16.6 Å². The molecule has 1 aliphatic heterocycles. The van der Waals surface area contributed by atoms with Crippen molar-refractivity contribution in [1.29, 1.82) is 0 Å². The molecule has 3 rings (SSSR count). The van der Waals surface area contributed by atoms with Crippen molar-refractivity contribution in [2.45, 2.75) is 26.3 Å². The monoisotopic (exact) mass is 294 g/mol. The second kappa shape index (κ2) is 4.77. The summed E-state index contributed by atoms with van der Waals surface area (Å²) in [7, 11) is -2.85. The number of para-hydroxylation sites is 1. The molecule has 1 aromatic heterocycles. The molecule has 0 radical (unpaired) electrons. The van der Waals surface area contributed by atoms with Crippen LogP contribution in [0.5, 0.6) is 0 Å². The van der Waals surface area contributed by atoms with E-state index >= 15 is 0 Å². The summed E-state index contributed by atoms with van der Waals surface area (Å²) in [5, 5.41) is 0. The van der Waals surface area contributed by atoms with Crippen molar-refractivity contribution >= 4 is 20.9 Å². The van der Waals surface area contributed by atoms with Crippen molar-refractivity contribution in [2.24, 2.45) is 5.92 Å². The molecule has 5 nitrogen and oxygen atoms in total. The number of hydrogen-bond acceptors (Lipinski definition) is 3. The fraction of sp³-hybridized carbons (Fsp3) is 0.500. The second-order valence-electron chi connectivity index (χ2n) is 5.61. The zero-order chi connectivity index (χ0) is 14.3. The van der Waals surface area contributed by atoms with Crippen LogP contribution in [0.4, 0.5) is 0 Å². The van der Waals surface area contributed by atoms with E-state index in [-0.39, 0.29) is 23.1 Å². The van der Waals surface area contributed by atoms with Gasteiger partial charge in [-0.25, -0.2) is 13.2 Å². The number of rotatable bonds is 2. The number of sulfone groups is 1. The second-order valence-corrected chi connectivity index (χ2v) is 7.91. The third-order valence-electron chi connectivity index (χ3n) is 4.11. The Labute approximate surface area is 117 Å². The van der Waals surface area contributed by atoms with Gasteiger partial charge in [0.1, 0.15) is 9.84 Å². The first kappa shape index (κ1) is 13.4. The maximum Gasteiger partial charge on any atom is 0.326 e. The van der Waals surface area contributed by atoms with Crippen molar-refractivity contribution in [3.63, 3.8) is 0 Å². The predicted molar refractivity (Wildman–Crippen MR) is 78.7 cm³/mol. The van der Waals surface area contributed by atoms with Gasteiger partial charge in [-0.05, 0) is 37.3 Å². The van der Waals surface area contributed by atoms with E-state index in [4.69, 9.17) is 0 Å². The molecule has 0 amide bonds. The van der Waals surface area contributed by atoms with E-state index in [0.29, 0.717) is 19.4 Å². The van der Waals surface area contributed by atoms with E-state index in [1.165, 1.54) is 0 Å². The lowest BCUT2D eigenvalue weighted by molar-refractivity contribution is 0.404. The fourth-order valence-electron chi connectivity index (χ4n) is 2.96. The number of aromatic nitrogens is 2. The molecule has 0 atom stereocenters. The number of benzene rings is 1. The van der Waals surface area contributed by atoms with Gasteiger partial charge in [0.15, 0.2) is 0 Å². The Morgan fingerprint density at radius 2 is 2.00 bits per heavy atom. The van der Waals surface area contributed by atoms with Crippen LogP contribution in [-0.4, -0.2) is 29.5 Å². The Hall–Kier alpha value is -1.56. The Bertz CT molecular complexity index is 787. The van der Waals surface area contributed by atoms with E-state index in [1.807, 2.05) is 25.1 Å². The number of hydrogen-bond donors (Lipinski definition) is 1. The van der Waals surface area contributed by atoms with Gasteiger partial charge in [-0.3, -0.25) is 4.57 Å². The first-order valence-electron chi connectivity index (χ1n) is 6.85. The molecule has 0 spiro atoms. The molecule has 0 saturated carbocycles. The van der Waals surface area contributed by atoms with Gasteiger partial charge in [0.2, 0.25) is 0 Å². The Balaban J connectivity index is 1.92.